The number of carbonyl (C=O) groups is 2. The first kappa shape index (κ1) is 30.3. The number of benzene rings is 2. The Morgan fingerprint density at radius 2 is 1.71 bits per heavy atom. The van der Waals surface area contributed by atoms with Crippen molar-refractivity contribution in [1.82, 2.24) is 0 Å². The highest BCUT2D eigenvalue weighted by Crippen LogP contribution is 2.34. The fraction of sp³-hybridized carbons (Fsp3) is 0.438. The number of hydrogen-bond donors (Lipinski definition) is 0. The highest BCUT2D eigenvalue weighted by atomic mass is 16.8. The summed E-state index contributed by atoms with van der Waals surface area (Å²) in [6, 6.07) is 11.0. The molecule has 9 nitrogen and oxygen atoms in total. The number of carbonyl (C=O) groups excluding carboxylic acids is 2. The fourth-order valence-corrected chi connectivity index (χ4v) is 4.58. The van der Waals surface area contributed by atoms with Gasteiger partial charge in [-0.2, -0.15) is 0 Å². The summed E-state index contributed by atoms with van der Waals surface area (Å²) in [5, 5.41) is 0. The molecule has 4 atom stereocenters. The van der Waals surface area contributed by atoms with Crippen molar-refractivity contribution < 1.29 is 42.7 Å². The van der Waals surface area contributed by atoms with E-state index < -0.39 is 30.1 Å². The van der Waals surface area contributed by atoms with Crippen LogP contribution in [0.1, 0.15) is 55.6 Å². The summed E-state index contributed by atoms with van der Waals surface area (Å²) in [7, 11) is 3.11. The van der Waals surface area contributed by atoms with Crippen molar-refractivity contribution in [3.63, 3.8) is 0 Å². The first-order chi connectivity index (χ1) is 19.6. The highest BCUT2D eigenvalue weighted by Gasteiger charge is 2.43. The number of ether oxygens (including phenoxy) is 7. The van der Waals surface area contributed by atoms with Gasteiger partial charge in [0.2, 0.25) is 0 Å². The van der Waals surface area contributed by atoms with Crippen molar-refractivity contribution in [2.75, 3.05) is 21.0 Å². The number of methoxy groups -OCH3 is 2. The number of rotatable bonds is 7. The van der Waals surface area contributed by atoms with Crippen LogP contribution < -0.4 is 14.2 Å². The molecule has 2 aromatic carbocycles. The lowest BCUT2D eigenvalue weighted by molar-refractivity contribution is -0.152. The van der Waals surface area contributed by atoms with E-state index in [1.54, 1.807) is 52.2 Å². The second-order valence-electron chi connectivity index (χ2n) is 10.5. The van der Waals surface area contributed by atoms with Crippen LogP contribution in [0, 0.1) is 5.92 Å². The topological polar surface area (TPSA) is 98.8 Å². The molecule has 2 heterocycles. The van der Waals surface area contributed by atoms with Gasteiger partial charge >= 0.3 is 5.97 Å². The van der Waals surface area contributed by atoms with Gasteiger partial charge in [0.1, 0.15) is 41.6 Å². The van der Waals surface area contributed by atoms with Gasteiger partial charge in [0, 0.05) is 19.1 Å². The molecule has 4 rings (SSSR count). The lowest BCUT2D eigenvalue weighted by Gasteiger charge is -2.21. The van der Waals surface area contributed by atoms with E-state index in [0.717, 1.165) is 11.3 Å². The summed E-state index contributed by atoms with van der Waals surface area (Å²) in [6.45, 7) is 7.43. The zero-order valence-corrected chi connectivity index (χ0v) is 24.4. The molecule has 0 spiro atoms. The Morgan fingerprint density at radius 3 is 2.41 bits per heavy atom. The van der Waals surface area contributed by atoms with Gasteiger partial charge in [-0.3, -0.25) is 4.79 Å². The monoisotopic (exact) mass is 566 g/mol. The Morgan fingerprint density at radius 1 is 0.951 bits per heavy atom. The van der Waals surface area contributed by atoms with Crippen molar-refractivity contribution in [2.45, 2.75) is 64.8 Å². The minimum atomic E-state index is -0.903. The molecule has 2 aliphatic rings. The Balaban J connectivity index is 1.71. The standard InChI is InChI=1S/C32H38O9/c1-20-10-15-26(33)30-27(40-32(3,4)41-30)9-7-8-23-16-25(37-18-22-11-13-24(36-6)14-12-22)17-28(38-19-35-5)29(23)31(34)39-21(20)2/h7-8,10-17,20-21,27,30H,9,18-19H2,1-6H3/b8-7?,15-10-/t20-,21?,27?,30?/m1/s1. The Hall–Kier alpha value is -3.66. The summed E-state index contributed by atoms with van der Waals surface area (Å²) in [4.78, 5) is 26.5. The number of ketones is 1. The zero-order valence-electron chi connectivity index (χ0n) is 24.4. The van der Waals surface area contributed by atoms with Crippen LogP contribution >= 0.6 is 0 Å². The maximum absolute atomic E-state index is 13.5. The number of hydrogen-bond acceptors (Lipinski definition) is 9. The predicted molar refractivity (Wildman–Crippen MR) is 152 cm³/mol. The molecule has 2 aromatic rings. The smallest absolute Gasteiger partial charge is 0.342 e. The maximum atomic E-state index is 13.5. The van der Waals surface area contributed by atoms with Crippen LogP contribution in [0.5, 0.6) is 17.2 Å². The first-order valence-electron chi connectivity index (χ1n) is 13.6. The van der Waals surface area contributed by atoms with Gasteiger partial charge in [0.15, 0.2) is 18.4 Å². The largest absolute Gasteiger partial charge is 0.497 e. The lowest BCUT2D eigenvalue weighted by atomic mass is 9.99. The molecule has 220 valence electrons. The summed E-state index contributed by atoms with van der Waals surface area (Å²) < 4.78 is 40.1. The van der Waals surface area contributed by atoms with E-state index in [9.17, 15) is 9.59 Å². The Bertz CT molecular complexity index is 1280. The average molecular weight is 567 g/mol. The number of fused-ring (bicyclic) bond motifs is 2. The molecular weight excluding hydrogens is 528 g/mol. The zero-order chi connectivity index (χ0) is 29.6. The summed E-state index contributed by atoms with van der Waals surface area (Å²) in [6.07, 6.45) is 5.44. The first-order valence-corrected chi connectivity index (χ1v) is 13.6. The van der Waals surface area contributed by atoms with Crippen LogP contribution in [0.25, 0.3) is 6.08 Å². The van der Waals surface area contributed by atoms with Crippen molar-refractivity contribution in [2.24, 2.45) is 5.92 Å². The van der Waals surface area contributed by atoms with Crippen molar-refractivity contribution in [1.29, 1.82) is 0 Å². The van der Waals surface area contributed by atoms with Crippen LogP contribution in [0.15, 0.2) is 54.6 Å². The number of esters is 1. The normalized spacial score (nSPS) is 24.9. The molecule has 0 radical (unpaired) electrons. The SMILES string of the molecule is COCOc1cc(OCc2ccc(OC)cc2)cc2c1C(=O)OC(C)[C@H](C)/C=C\C(=O)C1OC(C)(C)OC1CC=C2. The summed E-state index contributed by atoms with van der Waals surface area (Å²) in [5.74, 6) is -0.394. The summed E-state index contributed by atoms with van der Waals surface area (Å²) in [5.41, 5.74) is 1.71. The molecular formula is C32H38O9. The van der Waals surface area contributed by atoms with Crippen LogP contribution in [-0.4, -0.2) is 56.9 Å². The van der Waals surface area contributed by atoms with Crippen molar-refractivity contribution in [3.8, 4) is 17.2 Å². The van der Waals surface area contributed by atoms with E-state index in [2.05, 4.69) is 0 Å². The fourth-order valence-electron chi connectivity index (χ4n) is 4.58. The molecule has 0 aromatic heterocycles. The van der Waals surface area contributed by atoms with Crippen LogP contribution in [0.3, 0.4) is 0 Å². The molecule has 0 aliphatic carbocycles. The van der Waals surface area contributed by atoms with Gasteiger partial charge in [0.05, 0.1) is 13.2 Å². The maximum Gasteiger partial charge on any atom is 0.342 e. The van der Waals surface area contributed by atoms with Crippen LogP contribution in [-0.2, 0) is 30.3 Å². The van der Waals surface area contributed by atoms with Crippen molar-refractivity contribution in [3.05, 3.63) is 71.3 Å². The minimum absolute atomic E-state index is 0.0772. The summed E-state index contributed by atoms with van der Waals surface area (Å²) >= 11 is 0. The molecule has 0 amide bonds. The van der Waals surface area contributed by atoms with Crippen LogP contribution in [0.4, 0.5) is 0 Å². The van der Waals surface area contributed by atoms with Gasteiger partial charge in [0.25, 0.3) is 0 Å². The van der Waals surface area contributed by atoms with E-state index >= 15 is 0 Å². The Labute approximate surface area is 241 Å². The van der Waals surface area contributed by atoms with Gasteiger partial charge in [-0.25, -0.2) is 4.79 Å². The second-order valence-corrected chi connectivity index (χ2v) is 10.5. The Kier molecular flexibility index (Phi) is 9.86. The van der Waals surface area contributed by atoms with E-state index in [-0.39, 0.29) is 36.4 Å². The van der Waals surface area contributed by atoms with Crippen LogP contribution in [0.2, 0.25) is 0 Å². The molecule has 1 saturated heterocycles. The lowest BCUT2D eigenvalue weighted by Crippen LogP contribution is -2.30. The van der Waals surface area contributed by atoms with Gasteiger partial charge in [-0.05, 0) is 62.6 Å². The second kappa shape index (κ2) is 13.3. The van der Waals surface area contributed by atoms with Crippen molar-refractivity contribution >= 4 is 17.8 Å². The third-order valence-electron chi connectivity index (χ3n) is 6.93. The molecule has 2 aliphatic heterocycles. The molecule has 0 saturated carbocycles. The van der Waals surface area contributed by atoms with Gasteiger partial charge in [-0.1, -0.05) is 37.3 Å². The molecule has 41 heavy (non-hydrogen) atoms. The van der Waals surface area contributed by atoms with E-state index in [1.807, 2.05) is 37.3 Å². The highest BCUT2D eigenvalue weighted by molar-refractivity contribution is 5.97. The molecule has 0 bridgehead atoms. The molecule has 9 heteroatoms. The van der Waals surface area contributed by atoms with E-state index in [1.165, 1.54) is 13.2 Å². The average Bonchev–Trinajstić information content (AvgIpc) is 3.27. The number of cyclic esters (lactones) is 1. The molecule has 3 unspecified atom stereocenters. The minimum Gasteiger partial charge on any atom is -0.497 e. The third-order valence-corrected chi connectivity index (χ3v) is 6.93. The van der Waals surface area contributed by atoms with Gasteiger partial charge in [-0.15, -0.1) is 0 Å². The molecule has 0 N–H and O–H groups in total. The molecule has 1 fully saturated rings. The van der Waals surface area contributed by atoms with Gasteiger partial charge < -0.3 is 33.2 Å². The van der Waals surface area contributed by atoms with E-state index in [4.69, 9.17) is 33.2 Å². The van der Waals surface area contributed by atoms with E-state index in [0.29, 0.717) is 17.7 Å². The third kappa shape index (κ3) is 7.75. The quantitative estimate of drug-likeness (QED) is 0.318. The predicted octanol–water partition coefficient (Wildman–Crippen LogP) is 5.50.